The number of benzene rings is 1. The van der Waals surface area contributed by atoms with Crippen molar-refractivity contribution in [1.29, 1.82) is 0 Å². The Morgan fingerprint density at radius 1 is 1.27 bits per heavy atom. The van der Waals surface area contributed by atoms with Crippen LogP contribution in [-0.2, 0) is 9.53 Å². The highest BCUT2D eigenvalue weighted by molar-refractivity contribution is 9.10. The lowest BCUT2D eigenvalue weighted by Gasteiger charge is -2.21. The minimum atomic E-state index is -1.35. The zero-order valence-electron chi connectivity index (χ0n) is 12.7. The molecule has 0 amide bonds. The molecule has 0 radical (unpaired) electrons. The highest BCUT2D eigenvalue weighted by Crippen LogP contribution is 2.36. The summed E-state index contributed by atoms with van der Waals surface area (Å²) in [5.74, 6) is -2.57. The molecule has 0 aliphatic carbocycles. The highest BCUT2D eigenvalue weighted by atomic mass is 79.9. The van der Waals surface area contributed by atoms with Crippen LogP contribution in [0.3, 0.4) is 0 Å². The van der Waals surface area contributed by atoms with Crippen molar-refractivity contribution in [3.8, 4) is 0 Å². The molecule has 0 aliphatic heterocycles. The first-order chi connectivity index (χ1) is 10.1. The number of rotatable bonds is 6. The molecule has 0 bridgehead atoms. The standard InChI is InChI=1S/C15H18BrFO4S/c1-7(2)13(15(20)21-8(3)4)22-12-5-9(14(18)19)11(17)6-10(12)16/h5-8,13H,1-4H3,(H,18,19). The van der Waals surface area contributed by atoms with E-state index >= 15 is 0 Å². The van der Waals surface area contributed by atoms with Crippen LogP contribution in [0.5, 0.6) is 0 Å². The number of ether oxygens (including phenoxy) is 1. The van der Waals surface area contributed by atoms with Crippen LogP contribution in [-0.4, -0.2) is 28.4 Å². The highest BCUT2D eigenvalue weighted by Gasteiger charge is 2.27. The summed E-state index contributed by atoms with van der Waals surface area (Å²) in [4.78, 5) is 23.7. The van der Waals surface area contributed by atoms with E-state index in [2.05, 4.69) is 15.9 Å². The number of carbonyl (C=O) groups is 2. The van der Waals surface area contributed by atoms with E-state index in [-0.39, 0.29) is 18.0 Å². The number of thioether (sulfide) groups is 1. The lowest BCUT2D eigenvalue weighted by molar-refractivity contribution is -0.147. The zero-order valence-corrected chi connectivity index (χ0v) is 15.1. The van der Waals surface area contributed by atoms with Gasteiger partial charge in [0.25, 0.3) is 0 Å². The lowest BCUT2D eigenvalue weighted by atomic mass is 10.1. The Kier molecular flexibility index (Phi) is 6.87. The van der Waals surface area contributed by atoms with Gasteiger partial charge in [-0.05, 0) is 47.8 Å². The number of esters is 1. The van der Waals surface area contributed by atoms with Crippen molar-refractivity contribution in [2.75, 3.05) is 0 Å². The van der Waals surface area contributed by atoms with Crippen LogP contribution in [0.1, 0.15) is 38.1 Å². The smallest absolute Gasteiger partial charge is 0.338 e. The first-order valence-corrected chi connectivity index (χ1v) is 8.40. The molecule has 1 rings (SSSR count). The van der Waals surface area contributed by atoms with E-state index < -0.39 is 22.6 Å². The largest absolute Gasteiger partial charge is 0.478 e. The van der Waals surface area contributed by atoms with Gasteiger partial charge in [-0.1, -0.05) is 13.8 Å². The molecule has 1 N–H and O–H groups in total. The van der Waals surface area contributed by atoms with E-state index in [0.717, 1.165) is 17.8 Å². The third-order valence-electron chi connectivity index (χ3n) is 2.70. The monoisotopic (exact) mass is 392 g/mol. The van der Waals surface area contributed by atoms with Crippen molar-refractivity contribution >= 4 is 39.6 Å². The second-order valence-corrected chi connectivity index (χ2v) is 7.37. The fourth-order valence-electron chi connectivity index (χ4n) is 1.68. The molecular weight excluding hydrogens is 375 g/mol. The van der Waals surface area contributed by atoms with Crippen LogP contribution in [0.4, 0.5) is 4.39 Å². The minimum Gasteiger partial charge on any atom is -0.478 e. The van der Waals surface area contributed by atoms with Crippen LogP contribution in [0.2, 0.25) is 0 Å². The number of aromatic carboxylic acids is 1. The zero-order chi connectivity index (χ0) is 17.0. The molecular formula is C15H18BrFO4S. The molecule has 1 unspecified atom stereocenters. The summed E-state index contributed by atoms with van der Waals surface area (Å²) in [5, 5.41) is 8.49. The quantitative estimate of drug-likeness (QED) is 0.575. The molecule has 0 saturated heterocycles. The number of carbonyl (C=O) groups excluding carboxylic acids is 1. The van der Waals surface area contributed by atoms with Crippen molar-refractivity contribution < 1.29 is 23.8 Å². The third kappa shape index (κ3) is 4.98. The molecule has 22 heavy (non-hydrogen) atoms. The summed E-state index contributed by atoms with van der Waals surface area (Å²) in [7, 11) is 0. The Morgan fingerprint density at radius 3 is 2.32 bits per heavy atom. The van der Waals surface area contributed by atoms with Crippen molar-refractivity contribution in [3.05, 3.63) is 28.0 Å². The van der Waals surface area contributed by atoms with Gasteiger partial charge >= 0.3 is 11.9 Å². The maximum absolute atomic E-state index is 13.6. The fourth-order valence-corrected chi connectivity index (χ4v) is 3.33. The topological polar surface area (TPSA) is 63.6 Å². The van der Waals surface area contributed by atoms with Crippen LogP contribution in [0.25, 0.3) is 0 Å². The molecule has 0 fully saturated rings. The summed E-state index contributed by atoms with van der Waals surface area (Å²) in [5.41, 5.74) is -0.426. The predicted molar refractivity (Wildman–Crippen MR) is 86.8 cm³/mol. The summed E-state index contributed by atoms with van der Waals surface area (Å²) < 4.78 is 19.2. The Bertz CT molecular complexity index is 575. The Morgan fingerprint density at radius 2 is 1.86 bits per heavy atom. The van der Waals surface area contributed by atoms with Gasteiger partial charge in [-0.15, -0.1) is 11.8 Å². The number of hydrogen-bond donors (Lipinski definition) is 1. The van der Waals surface area contributed by atoms with Crippen LogP contribution >= 0.6 is 27.7 Å². The van der Waals surface area contributed by atoms with E-state index in [0.29, 0.717) is 9.37 Å². The van der Waals surface area contributed by atoms with Gasteiger partial charge in [0, 0.05) is 9.37 Å². The average molecular weight is 393 g/mol. The van der Waals surface area contributed by atoms with E-state index in [1.54, 1.807) is 13.8 Å². The molecule has 1 aromatic carbocycles. The Labute approximate surface area is 141 Å². The summed E-state index contributed by atoms with van der Waals surface area (Å²) in [6.07, 6.45) is -0.236. The SMILES string of the molecule is CC(C)OC(=O)C(Sc1cc(C(=O)O)c(F)cc1Br)C(C)C. The molecule has 1 aromatic rings. The Hall–Kier alpha value is -1.08. The number of halogens is 2. The van der Waals surface area contributed by atoms with Gasteiger partial charge in [0.15, 0.2) is 0 Å². The summed E-state index contributed by atoms with van der Waals surface area (Å²) in [6.45, 7) is 7.26. The van der Waals surface area contributed by atoms with E-state index in [1.165, 1.54) is 6.07 Å². The van der Waals surface area contributed by atoms with Gasteiger partial charge in [0.05, 0.1) is 11.7 Å². The van der Waals surface area contributed by atoms with Crippen LogP contribution < -0.4 is 0 Å². The first-order valence-electron chi connectivity index (χ1n) is 6.73. The number of carboxylic acid groups (broad SMARTS) is 1. The minimum absolute atomic E-state index is 0.0264. The van der Waals surface area contributed by atoms with Gasteiger partial charge < -0.3 is 9.84 Å². The summed E-state index contributed by atoms with van der Waals surface area (Å²) >= 11 is 4.36. The van der Waals surface area contributed by atoms with Gasteiger partial charge in [-0.3, -0.25) is 4.79 Å². The fraction of sp³-hybridized carbons (Fsp3) is 0.467. The maximum Gasteiger partial charge on any atom is 0.338 e. The Balaban J connectivity index is 3.11. The predicted octanol–water partition coefficient (Wildman–Crippen LogP) is 4.35. The molecule has 0 aromatic heterocycles. The maximum atomic E-state index is 13.6. The number of hydrogen-bond acceptors (Lipinski definition) is 4. The van der Waals surface area contributed by atoms with Crippen molar-refractivity contribution in [2.24, 2.45) is 5.92 Å². The molecule has 4 nitrogen and oxygen atoms in total. The number of carboxylic acids is 1. The average Bonchev–Trinajstić information content (AvgIpc) is 2.35. The first kappa shape index (κ1) is 19.0. The van der Waals surface area contributed by atoms with Crippen molar-refractivity contribution in [1.82, 2.24) is 0 Å². The third-order valence-corrected chi connectivity index (χ3v) is 5.20. The molecule has 0 saturated carbocycles. The van der Waals surface area contributed by atoms with E-state index in [1.807, 2.05) is 13.8 Å². The molecule has 122 valence electrons. The second kappa shape index (κ2) is 7.97. The lowest BCUT2D eigenvalue weighted by Crippen LogP contribution is -2.27. The molecule has 1 atom stereocenters. The molecule has 0 heterocycles. The van der Waals surface area contributed by atoms with Gasteiger partial charge in [0.1, 0.15) is 11.1 Å². The van der Waals surface area contributed by atoms with Crippen molar-refractivity contribution in [3.63, 3.8) is 0 Å². The van der Waals surface area contributed by atoms with Gasteiger partial charge in [-0.2, -0.15) is 0 Å². The van der Waals surface area contributed by atoms with Gasteiger partial charge in [0.2, 0.25) is 0 Å². The van der Waals surface area contributed by atoms with Gasteiger partial charge in [-0.25, -0.2) is 9.18 Å². The van der Waals surface area contributed by atoms with Crippen molar-refractivity contribution in [2.45, 2.75) is 43.9 Å². The van der Waals surface area contributed by atoms with E-state index in [4.69, 9.17) is 9.84 Å². The molecule has 7 heteroatoms. The van der Waals surface area contributed by atoms with E-state index in [9.17, 15) is 14.0 Å². The summed E-state index contributed by atoms with van der Waals surface area (Å²) in [6, 6.07) is 2.32. The molecule has 0 aliphatic rings. The van der Waals surface area contributed by atoms with Crippen LogP contribution in [0, 0.1) is 11.7 Å². The molecule has 0 spiro atoms. The normalized spacial score (nSPS) is 12.5. The second-order valence-electron chi connectivity index (χ2n) is 5.34. The van der Waals surface area contributed by atoms with Crippen LogP contribution in [0.15, 0.2) is 21.5 Å².